The van der Waals surface area contributed by atoms with Crippen molar-refractivity contribution >= 4 is 19.8 Å². The molecule has 0 saturated carbocycles. The average molecular weight is 641 g/mol. The molecule has 0 aliphatic carbocycles. The molecular weight excluding hydrogens is 579 g/mol. The van der Waals surface area contributed by atoms with Crippen LogP contribution in [0.2, 0.25) is 0 Å². The van der Waals surface area contributed by atoms with E-state index >= 15 is 0 Å². The van der Waals surface area contributed by atoms with Crippen molar-refractivity contribution < 1.29 is 37.9 Å². The van der Waals surface area contributed by atoms with Gasteiger partial charge in [0.2, 0.25) is 0 Å². The third-order valence-corrected chi connectivity index (χ3v) is 7.32. The normalized spacial score (nSPS) is 13.1. The quantitative estimate of drug-likeness (QED) is 0.0345. The molecule has 1 atom stereocenters. The summed E-state index contributed by atoms with van der Waals surface area (Å²) >= 11 is 0. The highest BCUT2D eigenvalue weighted by atomic mass is 31.2. The molecule has 0 aromatic carbocycles. The van der Waals surface area contributed by atoms with Crippen LogP contribution < -0.4 is 0 Å². The molecule has 44 heavy (non-hydrogen) atoms. The van der Waals surface area contributed by atoms with E-state index in [1.807, 2.05) is 0 Å². The minimum absolute atomic E-state index is 0.189. The molecule has 0 spiro atoms. The molecule has 0 heterocycles. The molecule has 0 unspecified atom stereocenters. The first kappa shape index (κ1) is 42.0. The number of allylic oxidation sites excluding steroid dienone is 8. The standard InChI is InChI=1S/C35H61O8P/c1-3-5-7-9-11-13-15-16-17-18-20-22-24-26-28-30-35(37)43-33(32-42-44(38,39)40)31-41-34(36)29-27-25-23-21-19-14-12-10-8-6-4-2/h5,7,10-13,16-17,33H,3-4,6,8-9,14-15,18-32H2,1-2H3,(H2,38,39,40)/b7-5-,12-10-,13-11-,17-16-/t33-/m1/s1. The lowest BCUT2D eigenvalue weighted by Crippen LogP contribution is -2.29. The van der Waals surface area contributed by atoms with E-state index in [1.54, 1.807) is 0 Å². The summed E-state index contributed by atoms with van der Waals surface area (Å²) in [7, 11) is -4.75. The maximum absolute atomic E-state index is 12.3. The molecule has 8 nitrogen and oxygen atoms in total. The van der Waals surface area contributed by atoms with E-state index in [0.717, 1.165) is 89.9 Å². The van der Waals surface area contributed by atoms with Crippen LogP contribution in [0.15, 0.2) is 48.6 Å². The average Bonchev–Trinajstić information content (AvgIpc) is 2.98. The molecule has 0 aromatic heterocycles. The summed E-state index contributed by atoms with van der Waals surface area (Å²) in [6.07, 6.45) is 35.5. The smallest absolute Gasteiger partial charge is 0.462 e. The number of ether oxygens (including phenoxy) is 2. The van der Waals surface area contributed by atoms with Gasteiger partial charge in [0, 0.05) is 12.8 Å². The first-order valence-corrected chi connectivity index (χ1v) is 18.5. The Labute approximate surface area is 267 Å². The molecule has 0 amide bonds. The van der Waals surface area contributed by atoms with Gasteiger partial charge in [0.15, 0.2) is 6.10 Å². The van der Waals surface area contributed by atoms with Gasteiger partial charge in [-0.05, 0) is 64.2 Å². The number of hydrogen-bond acceptors (Lipinski definition) is 6. The molecule has 0 saturated heterocycles. The molecule has 0 bridgehead atoms. The summed E-state index contributed by atoms with van der Waals surface area (Å²) in [5, 5.41) is 0. The molecule has 9 heteroatoms. The van der Waals surface area contributed by atoms with Crippen LogP contribution in [-0.2, 0) is 28.2 Å². The van der Waals surface area contributed by atoms with Crippen molar-refractivity contribution in [2.45, 2.75) is 148 Å². The highest BCUT2D eigenvalue weighted by Gasteiger charge is 2.22. The first-order valence-electron chi connectivity index (χ1n) is 16.9. The van der Waals surface area contributed by atoms with E-state index in [-0.39, 0.29) is 19.4 Å². The molecule has 0 aliphatic rings. The molecule has 0 radical (unpaired) electrons. The van der Waals surface area contributed by atoms with Gasteiger partial charge in [-0.3, -0.25) is 14.1 Å². The van der Waals surface area contributed by atoms with Crippen LogP contribution in [0.1, 0.15) is 142 Å². The molecule has 0 fully saturated rings. The van der Waals surface area contributed by atoms with Crippen molar-refractivity contribution in [1.82, 2.24) is 0 Å². The first-order chi connectivity index (χ1) is 21.3. The number of phosphoric ester groups is 1. The van der Waals surface area contributed by atoms with Crippen molar-refractivity contribution in [3.05, 3.63) is 48.6 Å². The predicted octanol–water partition coefficient (Wildman–Crippen LogP) is 9.62. The van der Waals surface area contributed by atoms with Crippen LogP contribution in [0.3, 0.4) is 0 Å². The van der Waals surface area contributed by atoms with Crippen molar-refractivity contribution in [1.29, 1.82) is 0 Å². The summed E-state index contributed by atoms with van der Waals surface area (Å²) < 4.78 is 26.2. The fraction of sp³-hybridized carbons (Fsp3) is 0.714. The van der Waals surface area contributed by atoms with Crippen LogP contribution in [0, 0.1) is 0 Å². The highest BCUT2D eigenvalue weighted by molar-refractivity contribution is 7.46. The second-order valence-electron chi connectivity index (χ2n) is 11.1. The van der Waals surface area contributed by atoms with Gasteiger partial charge in [0.1, 0.15) is 6.61 Å². The Kier molecular flexibility index (Phi) is 29.6. The number of hydrogen-bond donors (Lipinski definition) is 2. The Morgan fingerprint density at radius 3 is 1.66 bits per heavy atom. The minimum atomic E-state index is -4.75. The van der Waals surface area contributed by atoms with Crippen LogP contribution in [0.4, 0.5) is 0 Å². The van der Waals surface area contributed by atoms with Gasteiger partial charge in [-0.25, -0.2) is 4.57 Å². The van der Waals surface area contributed by atoms with E-state index in [0.29, 0.717) is 12.8 Å². The molecule has 0 aliphatic heterocycles. The summed E-state index contributed by atoms with van der Waals surface area (Å²) in [6, 6.07) is 0. The van der Waals surface area contributed by atoms with E-state index in [9.17, 15) is 14.2 Å². The van der Waals surface area contributed by atoms with E-state index in [1.165, 1.54) is 12.8 Å². The van der Waals surface area contributed by atoms with Gasteiger partial charge in [-0.2, -0.15) is 0 Å². The number of esters is 2. The third kappa shape index (κ3) is 32.9. The zero-order valence-electron chi connectivity index (χ0n) is 27.5. The van der Waals surface area contributed by atoms with Crippen LogP contribution in [0.5, 0.6) is 0 Å². The lowest BCUT2D eigenvalue weighted by molar-refractivity contribution is -0.161. The van der Waals surface area contributed by atoms with Gasteiger partial charge < -0.3 is 19.3 Å². The fourth-order valence-electron chi connectivity index (χ4n) is 4.31. The second kappa shape index (κ2) is 31.0. The molecule has 0 rings (SSSR count). The van der Waals surface area contributed by atoms with Gasteiger partial charge >= 0.3 is 19.8 Å². The molecule has 2 N–H and O–H groups in total. The van der Waals surface area contributed by atoms with Gasteiger partial charge in [0.05, 0.1) is 6.61 Å². The Morgan fingerprint density at radius 1 is 0.614 bits per heavy atom. The van der Waals surface area contributed by atoms with Crippen molar-refractivity contribution in [2.24, 2.45) is 0 Å². The predicted molar refractivity (Wildman–Crippen MR) is 179 cm³/mol. The lowest BCUT2D eigenvalue weighted by atomic mass is 10.1. The van der Waals surface area contributed by atoms with Crippen molar-refractivity contribution in [3.8, 4) is 0 Å². The van der Waals surface area contributed by atoms with E-state index in [4.69, 9.17) is 19.3 Å². The Hall–Kier alpha value is -1.99. The second-order valence-corrected chi connectivity index (χ2v) is 12.3. The Morgan fingerprint density at radius 2 is 1.09 bits per heavy atom. The monoisotopic (exact) mass is 640 g/mol. The summed E-state index contributed by atoms with van der Waals surface area (Å²) in [5.41, 5.74) is 0. The minimum Gasteiger partial charge on any atom is -0.462 e. The summed E-state index contributed by atoms with van der Waals surface area (Å²) in [5.74, 6) is -0.922. The highest BCUT2D eigenvalue weighted by Crippen LogP contribution is 2.35. The number of carbonyl (C=O) groups is 2. The lowest BCUT2D eigenvalue weighted by Gasteiger charge is -2.18. The SMILES string of the molecule is CC/C=C\C/C=C\C/C=C\CCCCCCCC(=O)O[C@H](COC(=O)CCCCCCC/C=C\CCCC)COP(=O)(O)O. The van der Waals surface area contributed by atoms with Crippen molar-refractivity contribution in [3.63, 3.8) is 0 Å². The maximum Gasteiger partial charge on any atom is 0.469 e. The zero-order chi connectivity index (χ0) is 32.6. The zero-order valence-corrected chi connectivity index (χ0v) is 28.4. The third-order valence-electron chi connectivity index (χ3n) is 6.83. The molecule has 0 aromatic rings. The molecule has 254 valence electrons. The topological polar surface area (TPSA) is 119 Å². The Balaban J connectivity index is 4.07. The number of rotatable bonds is 30. The summed E-state index contributed by atoms with van der Waals surface area (Å²) in [6.45, 7) is 3.48. The Bertz CT molecular complexity index is 859. The van der Waals surface area contributed by atoms with Gasteiger partial charge in [-0.15, -0.1) is 0 Å². The van der Waals surface area contributed by atoms with Crippen molar-refractivity contribution in [2.75, 3.05) is 13.2 Å². The number of phosphoric acid groups is 1. The largest absolute Gasteiger partial charge is 0.469 e. The van der Waals surface area contributed by atoms with Crippen LogP contribution >= 0.6 is 7.82 Å². The molecular formula is C35H61O8P. The number of unbranched alkanes of at least 4 members (excludes halogenated alkanes) is 12. The van der Waals surface area contributed by atoms with Gasteiger partial charge in [-0.1, -0.05) is 114 Å². The number of carbonyl (C=O) groups excluding carboxylic acids is 2. The van der Waals surface area contributed by atoms with Crippen LogP contribution in [-0.4, -0.2) is 41.0 Å². The van der Waals surface area contributed by atoms with Gasteiger partial charge in [0.25, 0.3) is 0 Å². The maximum atomic E-state index is 12.3. The summed E-state index contributed by atoms with van der Waals surface area (Å²) in [4.78, 5) is 42.5. The fourth-order valence-corrected chi connectivity index (χ4v) is 4.67. The van der Waals surface area contributed by atoms with Crippen LogP contribution in [0.25, 0.3) is 0 Å². The van der Waals surface area contributed by atoms with E-state index in [2.05, 4.69) is 67.0 Å². The van der Waals surface area contributed by atoms with E-state index < -0.39 is 32.5 Å².